The minimum atomic E-state index is -0.809. The number of aromatic amines is 1. The van der Waals surface area contributed by atoms with Crippen molar-refractivity contribution in [3.8, 4) is 16.3 Å². The van der Waals surface area contributed by atoms with Crippen LogP contribution in [0.25, 0.3) is 10.6 Å². The summed E-state index contributed by atoms with van der Waals surface area (Å²) in [5.41, 5.74) is -0.0989. The van der Waals surface area contributed by atoms with Gasteiger partial charge in [-0.05, 0) is 30.3 Å². The Bertz CT molecular complexity index is 1410. The molecule has 2 aromatic carbocycles. The number of hydrogen-bond acceptors (Lipinski definition) is 6. The minimum absolute atomic E-state index is 0.0946. The van der Waals surface area contributed by atoms with Crippen molar-refractivity contribution in [1.82, 2.24) is 19.9 Å². The van der Waals surface area contributed by atoms with E-state index in [4.69, 9.17) is 4.74 Å². The first-order valence-electron chi connectivity index (χ1n) is 9.89. The van der Waals surface area contributed by atoms with Gasteiger partial charge in [-0.2, -0.15) is 0 Å². The molecule has 33 heavy (non-hydrogen) atoms. The molecule has 8 nitrogen and oxygen atoms in total. The number of halogens is 1. The second-order valence-electron chi connectivity index (χ2n) is 7.05. The fourth-order valence-corrected chi connectivity index (χ4v) is 3.96. The molecule has 2 N–H and O–H groups in total. The third-order valence-corrected chi connectivity index (χ3v) is 5.85. The van der Waals surface area contributed by atoms with Crippen LogP contribution in [-0.4, -0.2) is 27.6 Å². The Morgan fingerprint density at radius 1 is 1.18 bits per heavy atom. The molecule has 0 saturated heterocycles. The highest BCUT2D eigenvalue weighted by atomic mass is 32.1. The maximum atomic E-state index is 13.9. The average Bonchev–Trinajstić information content (AvgIpc) is 3.30. The van der Waals surface area contributed by atoms with Gasteiger partial charge in [0.25, 0.3) is 11.5 Å². The van der Waals surface area contributed by atoms with Gasteiger partial charge in [0.05, 0.1) is 25.9 Å². The molecule has 0 aliphatic heterocycles. The molecule has 0 unspecified atom stereocenters. The van der Waals surface area contributed by atoms with Gasteiger partial charge >= 0.3 is 5.69 Å². The summed E-state index contributed by atoms with van der Waals surface area (Å²) in [4.78, 5) is 44.3. The first-order valence-corrected chi connectivity index (χ1v) is 10.8. The predicted molar refractivity (Wildman–Crippen MR) is 122 cm³/mol. The number of H-pyrrole nitrogens is 1. The zero-order valence-corrected chi connectivity index (χ0v) is 18.3. The zero-order chi connectivity index (χ0) is 23.4. The molecule has 0 aliphatic rings. The summed E-state index contributed by atoms with van der Waals surface area (Å²) >= 11 is 1.42. The van der Waals surface area contributed by atoms with Crippen molar-refractivity contribution in [2.45, 2.75) is 13.1 Å². The summed E-state index contributed by atoms with van der Waals surface area (Å²) in [7, 11) is 1.59. The molecule has 4 aromatic rings. The molecule has 0 atom stereocenters. The quantitative estimate of drug-likeness (QED) is 0.436. The Hall–Kier alpha value is -4.05. The maximum absolute atomic E-state index is 13.9. The van der Waals surface area contributed by atoms with E-state index in [1.54, 1.807) is 13.2 Å². The lowest BCUT2D eigenvalue weighted by molar-refractivity contribution is 0.0947. The summed E-state index contributed by atoms with van der Waals surface area (Å²) in [6, 6.07) is 13.3. The van der Waals surface area contributed by atoms with Crippen molar-refractivity contribution in [1.29, 1.82) is 0 Å². The smallest absolute Gasteiger partial charge is 0.328 e. The Morgan fingerprint density at radius 2 is 1.94 bits per heavy atom. The van der Waals surface area contributed by atoms with Crippen LogP contribution in [0, 0.1) is 5.82 Å². The lowest BCUT2D eigenvalue weighted by Crippen LogP contribution is -2.40. The first-order chi connectivity index (χ1) is 16.0. The molecule has 0 saturated carbocycles. The Kier molecular flexibility index (Phi) is 6.45. The van der Waals surface area contributed by atoms with Crippen molar-refractivity contribution < 1.29 is 13.9 Å². The number of rotatable bonds is 7. The first kappa shape index (κ1) is 22.2. The number of thiazole rings is 1. The number of carbonyl (C=O) groups excluding carboxylic acids is 1. The van der Waals surface area contributed by atoms with Crippen molar-refractivity contribution in [3.63, 3.8) is 0 Å². The highest BCUT2D eigenvalue weighted by molar-refractivity contribution is 7.13. The number of nitrogens with zero attached hydrogens (tertiary/aromatic N) is 2. The third kappa shape index (κ3) is 4.90. The number of nitrogens with one attached hydrogen (secondary N) is 2. The molecular weight excluding hydrogens is 447 g/mol. The highest BCUT2D eigenvalue weighted by Gasteiger charge is 2.16. The Labute approximate surface area is 191 Å². The SMILES string of the molecule is COc1ccc(-c2nc(CNC(=O)c3c[nH]c(=O)n(Cc4ccccc4F)c3=O)cs2)cc1. The lowest BCUT2D eigenvalue weighted by atomic mass is 10.2. The average molecular weight is 466 g/mol. The molecule has 168 valence electrons. The maximum Gasteiger partial charge on any atom is 0.328 e. The van der Waals surface area contributed by atoms with Crippen LogP contribution in [0.2, 0.25) is 0 Å². The van der Waals surface area contributed by atoms with Gasteiger partial charge in [0.15, 0.2) is 0 Å². The van der Waals surface area contributed by atoms with E-state index in [-0.39, 0.29) is 24.2 Å². The number of aromatic nitrogens is 3. The molecule has 10 heteroatoms. The van der Waals surface area contributed by atoms with Crippen LogP contribution in [0.15, 0.2) is 69.7 Å². The van der Waals surface area contributed by atoms with E-state index >= 15 is 0 Å². The lowest BCUT2D eigenvalue weighted by Gasteiger charge is -2.08. The standard InChI is InChI=1S/C23H19FN4O4S/c1-32-17-8-6-14(7-9-17)21-27-16(13-33-21)10-25-20(29)18-11-26-23(31)28(22(18)30)12-15-4-2-3-5-19(15)24/h2-9,11,13H,10,12H2,1H3,(H,25,29)(H,26,31). The normalized spacial score (nSPS) is 10.7. The second-order valence-corrected chi connectivity index (χ2v) is 7.90. The van der Waals surface area contributed by atoms with Crippen molar-refractivity contribution in [2.24, 2.45) is 0 Å². The number of ether oxygens (including phenoxy) is 1. The van der Waals surface area contributed by atoms with E-state index < -0.39 is 23.0 Å². The topological polar surface area (TPSA) is 106 Å². The van der Waals surface area contributed by atoms with E-state index in [1.807, 2.05) is 29.6 Å². The largest absolute Gasteiger partial charge is 0.497 e. The fourth-order valence-electron chi connectivity index (χ4n) is 3.13. The Morgan fingerprint density at radius 3 is 2.67 bits per heavy atom. The van der Waals surface area contributed by atoms with Gasteiger partial charge in [-0.15, -0.1) is 11.3 Å². The monoisotopic (exact) mass is 466 g/mol. The molecule has 4 rings (SSSR count). The highest BCUT2D eigenvalue weighted by Crippen LogP contribution is 2.25. The van der Waals surface area contributed by atoms with E-state index in [9.17, 15) is 18.8 Å². The van der Waals surface area contributed by atoms with Crippen molar-refractivity contribution in [2.75, 3.05) is 7.11 Å². The summed E-state index contributed by atoms with van der Waals surface area (Å²) < 4.78 is 19.9. The van der Waals surface area contributed by atoms with E-state index in [2.05, 4.69) is 15.3 Å². The number of methoxy groups -OCH3 is 1. The number of hydrogen-bond donors (Lipinski definition) is 2. The van der Waals surface area contributed by atoms with Crippen LogP contribution in [0.5, 0.6) is 5.75 Å². The van der Waals surface area contributed by atoms with Gasteiger partial charge in [0.1, 0.15) is 22.1 Å². The third-order valence-electron chi connectivity index (χ3n) is 4.91. The number of benzene rings is 2. The van der Waals surface area contributed by atoms with Gasteiger partial charge in [-0.25, -0.2) is 14.2 Å². The van der Waals surface area contributed by atoms with Crippen LogP contribution in [0.4, 0.5) is 4.39 Å². The van der Waals surface area contributed by atoms with E-state index in [0.717, 1.165) is 27.1 Å². The van der Waals surface area contributed by atoms with Crippen molar-refractivity contribution in [3.05, 3.63) is 104 Å². The molecule has 0 fully saturated rings. The van der Waals surface area contributed by atoms with Crippen LogP contribution in [0.3, 0.4) is 0 Å². The van der Waals surface area contributed by atoms with Crippen LogP contribution in [0.1, 0.15) is 21.6 Å². The molecule has 0 aliphatic carbocycles. The predicted octanol–water partition coefficient (Wildman–Crippen LogP) is 2.79. The van der Waals surface area contributed by atoms with Crippen LogP contribution >= 0.6 is 11.3 Å². The molecule has 2 heterocycles. The number of amides is 1. The molecule has 0 bridgehead atoms. The van der Waals surface area contributed by atoms with Crippen molar-refractivity contribution >= 4 is 17.2 Å². The van der Waals surface area contributed by atoms with E-state index in [1.165, 1.54) is 29.5 Å². The molecule has 2 aromatic heterocycles. The number of carbonyl (C=O) groups is 1. The fraction of sp³-hybridized carbons (Fsp3) is 0.130. The zero-order valence-electron chi connectivity index (χ0n) is 17.5. The van der Waals surface area contributed by atoms with Gasteiger partial charge < -0.3 is 15.0 Å². The summed E-state index contributed by atoms with van der Waals surface area (Å²) in [6.07, 6.45) is 1.06. The van der Waals surface area contributed by atoms with Gasteiger partial charge in [0, 0.05) is 22.7 Å². The minimum Gasteiger partial charge on any atom is -0.497 e. The molecular formula is C23H19FN4O4S. The van der Waals surface area contributed by atoms with Crippen LogP contribution in [-0.2, 0) is 13.1 Å². The van der Waals surface area contributed by atoms with Crippen LogP contribution < -0.4 is 21.3 Å². The summed E-state index contributed by atoms with van der Waals surface area (Å²) in [6.45, 7) is -0.198. The summed E-state index contributed by atoms with van der Waals surface area (Å²) in [5.74, 6) is -0.475. The van der Waals surface area contributed by atoms with Gasteiger partial charge in [0.2, 0.25) is 0 Å². The Balaban J connectivity index is 1.48. The molecule has 0 spiro atoms. The summed E-state index contributed by atoms with van der Waals surface area (Å²) in [5, 5.41) is 5.22. The van der Waals surface area contributed by atoms with Gasteiger partial charge in [-0.3, -0.25) is 14.2 Å². The molecule has 0 radical (unpaired) electrons. The van der Waals surface area contributed by atoms with E-state index in [0.29, 0.717) is 5.69 Å². The second kappa shape index (κ2) is 9.61. The molecule has 1 amide bonds. The van der Waals surface area contributed by atoms with Gasteiger partial charge in [-0.1, -0.05) is 18.2 Å².